The molecule has 0 saturated carbocycles. The molecule has 1 unspecified atom stereocenters. The number of hydrogen-bond donors (Lipinski definition) is 1. The lowest BCUT2D eigenvalue weighted by Gasteiger charge is -1.93. The first-order valence-corrected chi connectivity index (χ1v) is 3.20. The van der Waals surface area contributed by atoms with Crippen LogP contribution in [0.1, 0.15) is 13.8 Å². The van der Waals surface area contributed by atoms with E-state index in [1.807, 2.05) is 26.0 Å². The Kier molecular flexibility index (Phi) is 4.29. The van der Waals surface area contributed by atoms with Crippen molar-refractivity contribution in [2.45, 2.75) is 13.8 Å². The molecule has 0 aromatic rings. The van der Waals surface area contributed by atoms with Crippen molar-refractivity contribution in [1.82, 2.24) is 0 Å². The SMILES string of the molecule is CC=CC(C)C=CC(=O)O. The average molecular weight is 140 g/mol. The van der Waals surface area contributed by atoms with Crippen LogP contribution in [0.4, 0.5) is 0 Å². The first-order chi connectivity index (χ1) is 4.66. The van der Waals surface area contributed by atoms with Gasteiger partial charge in [0.2, 0.25) is 0 Å². The summed E-state index contributed by atoms with van der Waals surface area (Å²) in [5.74, 6) is -0.683. The van der Waals surface area contributed by atoms with Crippen LogP contribution >= 0.6 is 0 Å². The van der Waals surface area contributed by atoms with Crippen LogP contribution in [0.5, 0.6) is 0 Å². The molecule has 2 heteroatoms. The largest absolute Gasteiger partial charge is 0.478 e. The number of carboxylic acids is 1. The summed E-state index contributed by atoms with van der Waals surface area (Å²) in [7, 11) is 0. The van der Waals surface area contributed by atoms with E-state index in [0.717, 1.165) is 6.08 Å². The van der Waals surface area contributed by atoms with Crippen LogP contribution in [-0.2, 0) is 4.79 Å². The highest BCUT2D eigenvalue weighted by Crippen LogP contribution is 1.97. The summed E-state index contributed by atoms with van der Waals surface area (Å²) in [5, 5.41) is 8.22. The van der Waals surface area contributed by atoms with E-state index in [0.29, 0.717) is 0 Å². The number of carboxylic acid groups (broad SMARTS) is 1. The normalized spacial score (nSPS) is 14.6. The fraction of sp³-hybridized carbons (Fsp3) is 0.375. The highest BCUT2D eigenvalue weighted by atomic mass is 16.4. The smallest absolute Gasteiger partial charge is 0.327 e. The Morgan fingerprint density at radius 3 is 2.50 bits per heavy atom. The van der Waals surface area contributed by atoms with E-state index in [1.54, 1.807) is 6.08 Å². The van der Waals surface area contributed by atoms with E-state index in [-0.39, 0.29) is 5.92 Å². The Morgan fingerprint density at radius 1 is 1.50 bits per heavy atom. The van der Waals surface area contributed by atoms with Crippen molar-refractivity contribution in [1.29, 1.82) is 0 Å². The van der Waals surface area contributed by atoms with Crippen molar-refractivity contribution in [2.75, 3.05) is 0 Å². The predicted molar refractivity (Wildman–Crippen MR) is 40.8 cm³/mol. The van der Waals surface area contributed by atoms with Gasteiger partial charge in [0.25, 0.3) is 0 Å². The molecule has 0 spiro atoms. The minimum Gasteiger partial charge on any atom is -0.478 e. The lowest BCUT2D eigenvalue weighted by atomic mass is 10.1. The van der Waals surface area contributed by atoms with Crippen LogP contribution in [0.15, 0.2) is 24.3 Å². The third-order valence-corrected chi connectivity index (χ3v) is 1.04. The molecule has 0 rings (SSSR count). The van der Waals surface area contributed by atoms with Gasteiger partial charge in [-0.3, -0.25) is 0 Å². The minimum absolute atomic E-state index is 0.209. The van der Waals surface area contributed by atoms with Crippen LogP contribution in [-0.4, -0.2) is 11.1 Å². The van der Waals surface area contributed by atoms with Gasteiger partial charge in [-0.2, -0.15) is 0 Å². The summed E-state index contributed by atoms with van der Waals surface area (Å²) in [6, 6.07) is 0. The van der Waals surface area contributed by atoms with Crippen molar-refractivity contribution in [3.63, 3.8) is 0 Å². The Labute approximate surface area is 60.9 Å². The molecule has 0 aromatic carbocycles. The molecular weight excluding hydrogens is 128 g/mol. The Balaban J connectivity index is 3.77. The Morgan fingerprint density at radius 2 is 2.10 bits per heavy atom. The summed E-state index contributed by atoms with van der Waals surface area (Å²) < 4.78 is 0. The van der Waals surface area contributed by atoms with Crippen molar-refractivity contribution in [2.24, 2.45) is 5.92 Å². The Bertz CT molecular complexity index is 157. The molecule has 1 atom stereocenters. The molecule has 0 radical (unpaired) electrons. The van der Waals surface area contributed by atoms with Gasteiger partial charge in [-0.05, 0) is 12.8 Å². The third-order valence-electron chi connectivity index (χ3n) is 1.04. The van der Waals surface area contributed by atoms with Crippen molar-refractivity contribution in [3.05, 3.63) is 24.3 Å². The van der Waals surface area contributed by atoms with Crippen LogP contribution in [0.25, 0.3) is 0 Å². The topological polar surface area (TPSA) is 37.3 Å². The van der Waals surface area contributed by atoms with Crippen LogP contribution in [0.2, 0.25) is 0 Å². The number of hydrogen-bond acceptors (Lipinski definition) is 1. The number of rotatable bonds is 3. The molecule has 0 heterocycles. The molecule has 1 N–H and O–H groups in total. The molecule has 2 nitrogen and oxygen atoms in total. The van der Waals surface area contributed by atoms with Gasteiger partial charge in [-0.15, -0.1) is 0 Å². The number of aliphatic carboxylic acids is 1. The first kappa shape index (κ1) is 8.95. The first-order valence-electron chi connectivity index (χ1n) is 3.20. The maximum absolute atomic E-state index is 10.00. The summed E-state index contributed by atoms with van der Waals surface area (Å²) in [6.07, 6.45) is 6.63. The van der Waals surface area contributed by atoms with Gasteiger partial charge in [-0.25, -0.2) is 4.79 Å². The van der Waals surface area contributed by atoms with Gasteiger partial charge < -0.3 is 5.11 Å². The van der Waals surface area contributed by atoms with E-state index < -0.39 is 5.97 Å². The second kappa shape index (κ2) is 4.79. The molecule has 10 heavy (non-hydrogen) atoms. The van der Waals surface area contributed by atoms with Crippen molar-refractivity contribution >= 4 is 5.97 Å². The fourth-order valence-corrected chi connectivity index (χ4v) is 0.602. The highest BCUT2D eigenvalue weighted by molar-refractivity contribution is 5.79. The molecule has 0 aromatic heterocycles. The maximum Gasteiger partial charge on any atom is 0.327 e. The molecule has 0 aliphatic heterocycles. The fourth-order valence-electron chi connectivity index (χ4n) is 0.602. The van der Waals surface area contributed by atoms with E-state index in [9.17, 15) is 4.79 Å². The molecule has 0 aliphatic rings. The lowest BCUT2D eigenvalue weighted by molar-refractivity contribution is -0.131. The third kappa shape index (κ3) is 5.09. The molecule has 0 bridgehead atoms. The molecule has 0 aliphatic carbocycles. The van der Waals surface area contributed by atoms with Crippen LogP contribution in [0.3, 0.4) is 0 Å². The zero-order chi connectivity index (χ0) is 7.98. The predicted octanol–water partition coefficient (Wildman–Crippen LogP) is 1.84. The van der Waals surface area contributed by atoms with E-state index in [2.05, 4.69) is 0 Å². The molecular formula is C8H12O2. The van der Waals surface area contributed by atoms with Gasteiger partial charge >= 0.3 is 5.97 Å². The highest BCUT2D eigenvalue weighted by Gasteiger charge is 1.89. The molecule has 0 fully saturated rings. The molecule has 56 valence electrons. The van der Waals surface area contributed by atoms with E-state index >= 15 is 0 Å². The van der Waals surface area contributed by atoms with Crippen LogP contribution in [0, 0.1) is 5.92 Å². The quantitative estimate of drug-likeness (QED) is 0.479. The van der Waals surface area contributed by atoms with Gasteiger partial charge in [0, 0.05) is 6.08 Å². The van der Waals surface area contributed by atoms with Crippen molar-refractivity contribution < 1.29 is 9.90 Å². The summed E-state index contributed by atoms with van der Waals surface area (Å²) >= 11 is 0. The second-order valence-corrected chi connectivity index (χ2v) is 2.08. The van der Waals surface area contributed by atoms with Gasteiger partial charge in [0.05, 0.1) is 0 Å². The molecule has 0 amide bonds. The van der Waals surface area contributed by atoms with E-state index in [1.165, 1.54) is 0 Å². The minimum atomic E-state index is -0.892. The summed E-state index contributed by atoms with van der Waals surface area (Å²) in [6.45, 7) is 3.84. The number of carbonyl (C=O) groups is 1. The zero-order valence-corrected chi connectivity index (χ0v) is 6.24. The van der Waals surface area contributed by atoms with Crippen LogP contribution < -0.4 is 0 Å². The van der Waals surface area contributed by atoms with Gasteiger partial charge in [0.1, 0.15) is 0 Å². The average Bonchev–Trinajstić information content (AvgIpc) is 1.85. The number of allylic oxidation sites excluding steroid dienone is 3. The lowest BCUT2D eigenvalue weighted by Crippen LogP contribution is -1.89. The van der Waals surface area contributed by atoms with Gasteiger partial charge in [0.15, 0.2) is 0 Å². The molecule has 0 saturated heterocycles. The van der Waals surface area contributed by atoms with Crippen molar-refractivity contribution in [3.8, 4) is 0 Å². The monoisotopic (exact) mass is 140 g/mol. The standard InChI is InChI=1S/C8H12O2/c1-3-4-7(2)5-6-8(9)10/h3-7H,1-2H3,(H,9,10). The Hall–Kier alpha value is -1.05. The summed E-state index contributed by atoms with van der Waals surface area (Å²) in [5.41, 5.74) is 0. The second-order valence-electron chi connectivity index (χ2n) is 2.08. The van der Waals surface area contributed by atoms with E-state index in [4.69, 9.17) is 5.11 Å². The maximum atomic E-state index is 10.00. The zero-order valence-electron chi connectivity index (χ0n) is 6.24. The summed E-state index contributed by atoms with van der Waals surface area (Å²) in [4.78, 5) is 10.00. The van der Waals surface area contributed by atoms with Gasteiger partial charge in [-0.1, -0.05) is 25.2 Å².